The van der Waals surface area contributed by atoms with Gasteiger partial charge < -0.3 is 24.8 Å². The molecule has 4 aromatic rings. The molecule has 16 nitrogen and oxygen atoms in total. The van der Waals surface area contributed by atoms with Crippen LogP contribution >= 0.6 is 0 Å². The molecule has 0 saturated carbocycles. The summed E-state index contributed by atoms with van der Waals surface area (Å²) in [6.07, 6.45) is 7.93. The molecule has 5 aliphatic rings. The average molecular weight is 806 g/mol. The van der Waals surface area contributed by atoms with Crippen molar-refractivity contribution in [1.29, 1.82) is 0 Å². The van der Waals surface area contributed by atoms with E-state index in [1.54, 1.807) is 24.5 Å². The Hall–Kier alpha value is -6.23. The van der Waals surface area contributed by atoms with Crippen LogP contribution in [0.2, 0.25) is 0 Å². The monoisotopic (exact) mass is 805 g/mol. The van der Waals surface area contributed by atoms with E-state index in [4.69, 9.17) is 4.74 Å². The lowest BCUT2D eigenvalue weighted by Crippen LogP contribution is -2.54. The molecule has 59 heavy (non-hydrogen) atoms. The number of carbonyl (C=O) groups excluding carboxylic acids is 6. The third-order valence-corrected chi connectivity index (χ3v) is 12.1. The Morgan fingerprint density at radius 2 is 1.68 bits per heavy atom. The minimum atomic E-state index is -1.11. The van der Waals surface area contributed by atoms with Gasteiger partial charge in [0.25, 0.3) is 23.6 Å². The van der Waals surface area contributed by atoms with Crippen LogP contribution in [0.5, 0.6) is 5.75 Å². The topological polar surface area (TPSA) is 179 Å². The van der Waals surface area contributed by atoms with Crippen LogP contribution in [0.1, 0.15) is 99.4 Å². The fraction of sp³-hybridized carbons (Fsp3) is 0.429. The first-order valence-corrected chi connectivity index (χ1v) is 20.2. The Labute approximate surface area is 338 Å². The zero-order valence-electron chi connectivity index (χ0n) is 32.8. The summed E-state index contributed by atoms with van der Waals surface area (Å²) < 4.78 is 23.1. The number of amides is 6. The highest BCUT2D eigenvalue weighted by Crippen LogP contribution is 2.38. The van der Waals surface area contributed by atoms with Crippen molar-refractivity contribution in [3.63, 3.8) is 0 Å². The zero-order valence-corrected chi connectivity index (χ0v) is 32.8. The van der Waals surface area contributed by atoms with Gasteiger partial charge in [-0.25, -0.2) is 13.9 Å². The maximum atomic E-state index is 15.5. The number of rotatable bonds is 9. The van der Waals surface area contributed by atoms with Gasteiger partial charge in [0.15, 0.2) is 5.65 Å². The van der Waals surface area contributed by atoms with Crippen molar-refractivity contribution in [3.05, 3.63) is 82.6 Å². The molecule has 0 spiro atoms. The predicted octanol–water partition coefficient (Wildman–Crippen LogP) is 3.65. The average Bonchev–Trinajstić information content (AvgIpc) is 3.86. The van der Waals surface area contributed by atoms with Crippen LogP contribution in [-0.2, 0) is 16.1 Å². The maximum absolute atomic E-state index is 15.5. The molecule has 6 amide bonds. The Balaban J connectivity index is 0.795. The molecule has 3 saturated heterocycles. The van der Waals surface area contributed by atoms with E-state index in [-0.39, 0.29) is 53.6 Å². The molecule has 7 heterocycles. The number of nitrogens with zero attached hydrogens (tertiary/aromatic N) is 7. The summed E-state index contributed by atoms with van der Waals surface area (Å²) in [5.74, 6) is -2.77. The first-order valence-electron chi connectivity index (χ1n) is 20.2. The third kappa shape index (κ3) is 7.06. The first kappa shape index (κ1) is 38.3. The molecule has 306 valence electrons. The molecule has 0 bridgehead atoms. The number of hydrogen-bond donors (Lipinski definition) is 2. The molecule has 2 aromatic carbocycles. The highest BCUT2D eigenvalue weighted by atomic mass is 19.1. The van der Waals surface area contributed by atoms with E-state index in [0.29, 0.717) is 53.8 Å². The van der Waals surface area contributed by atoms with Crippen molar-refractivity contribution in [2.24, 2.45) is 5.92 Å². The second kappa shape index (κ2) is 15.2. The molecule has 2 aromatic heterocycles. The van der Waals surface area contributed by atoms with E-state index >= 15 is 4.39 Å². The Bertz CT molecular complexity index is 2420. The van der Waals surface area contributed by atoms with Gasteiger partial charge in [-0.1, -0.05) is 0 Å². The van der Waals surface area contributed by atoms with Crippen molar-refractivity contribution in [1.82, 2.24) is 34.6 Å². The number of piperidine rings is 3. The summed E-state index contributed by atoms with van der Waals surface area (Å²) in [6, 6.07) is 6.78. The quantitative estimate of drug-likeness (QED) is 0.236. The SMILES string of the molecule is CC(C)Oc1cc2c(cc1NC(=O)c1cnn3cccnc13)CN(C1CCN(CC3CCN(c4cc5c(cc4F)C(=O)N(C4CCC(=O)NC4=O)C5=O)CC3)CC1)C2=O. The number of nitrogens with one attached hydrogen (secondary N) is 2. The first-order chi connectivity index (χ1) is 28.4. The van der Waals surface area contributed by atoms with Gasteiger partial charge in [-0.3, -0.25) is 39.0 Å². The number of halogens is 1. The van der Waals surface area contributed by atoms with Gasteiger partial charge in [0.2, 0.25) is 11.8 Å². The molecule has 1 unspecified atom stereocenters. The summed E-state index contributed by atoms with van der Waals surface area (Å²) in [6.45, 7) is 7.94. The number of anilines is 2. The predicted molar refractivity (Wildman–Crippen MR) is 210 cm³/mol. The van der Waals surface area contributed by atoms with Crippen LogP contribution in [-0.4, -0.2) is 116 Å². The number of benzene rings is 2. The number of aromatic nitrogens is 3. The van der Waals surface area contributed by atoms with Crippen molar-refractivity contribution < 1.29 is 37.9 Å². The van der Waals surface area contributed by atoms with Crippen LogP contribution in [0.3, 0.4) is 0 Å². The summed E-state index contributed by atoms with van der Waals surface area (Å²) in [5.41, 5.74) is 2.89. The van der Waals surface area contributed by atoms with Gasteiger partial charge in [-0.2, -0.15) is 5.10 Å². The molecule has 1 atom stereocenters. The standard InChI is InChI=1S/C42H44FN9O7/c1-23(2)59-35-19-27-25(16-32(35)46-38(54)30-20-45-51-11-3-10-44-37(30)51)22-50(40(27)56)26-8-12-48(13-9-26)21-24-6-14-49(15-7-24)34-18-29-28(17-31(34)43)41(57)52(42(29)58)33-4-5-36(53)47-39(33)55/h3,10-11,16-20,23-24,26,33H,4-9,12-15,21-22H2,1-2H3,(H,46,54)(H,47,53,55). The van der Waals surface area contributed by atoms with Gasteiger partial charge in [0, 0.05) is 69.7 Å². The number of ether oxygens (including phenoxy) is 1. The highest BCUT2D eigenvalue weighted by Gasteiger charge is 2.45. The molecule has 0 aliphatic carbocycles. The second-order valence-electron chi connectivity index (χ2n) is 16.3. The lowest BCUT2D eigenvalue weighted by atomic mass is 9.94. The minimum absolute atomic E-state index is 0.00842. The fourth-order valence-corrected chi connectivity index (χ4v) is 9.14. The van der Waals surface area contributed by atoms with Gasteiger partial charge in [0.05, 0.1) is 34.8 Å². The van der Waals surface area contributed by atoms with Crippen molar-refractivity contribution in [3.8, 4) is 5.75 Å². The number of likely N-dealkylation sites (tertiary alicyclic amines) is 1. The van der Waals surface area contributed by atoms with E-state index < -0.39 is 35.5 Å². The summed E-state index contributed by atoms with van der Waals surface area (Å²) >= 11 is 0. The molecule has 9 rings (SSSR count). The molecule has 3 fully saturated rings. The molecular weight excluding hydrogens is 762 g/mol. The van der Waals surface area contributed by atoms with Crippen LogP contribution < -0.4 is 20.3 Å². The highest BCUT2D eigenvalue weighted by molar-refractivity contribution is 6.23. The van der Waals surface area contributed by atoms with E-state index in [1.807, 2.05) is 29.7 Å². The van der Waals surface area contributed by atoms with Crippen molar-refractivity contribution >= 4 is 52.5 Å². The largest absolute Gasteiger partial charge is 0.489 e. The van der Waals surface area contributed by atoms with Crippen LogP contribution in [0.4, 0.5) is 15.8 Å². The molecule has 0 radical (unpaired) electrons. The van der Waals surface area contributed by atoms with Crippen LogP contribution in [0, 0.1) is 11.7 Å². The number of hydrogen-bond acceptors (Lipinski definition) is 11. The lowest BCUT2D eigenvalue weighted by Gasteiger charge is -2.40. The van der Waals surface area contributed by atoms with Gasteiger partial charge >= 0.3 is 0 Å². The molecular formula is C42H44FN9O7. The van der Waals surface area contributed by atoms with E-state index in [9.17, 15) is 28.8 Å². The Morgan fingerprint density at radius 3 is 2.41 bits per heavy atom. The smallest absolute Gasteiger partial charge is 0.262 e. The molecule has 17 heteroatoms. The second-order valence-corrected chi connectivity index (χ2v) is 16.3. The van der Waals surface area contributed by atoms with E-state index in [2.05, 4.69) is 25.6 Å². The van der Waals surface area contributed by atoms with Crippen molar-refractivity contribution in [2.75, 3.05) is 42.9 Å². The molecule has 5 aliphatic heterocycles. The fourth-order valence-electron chi connectivity index (χ4n) is 9.14. The Kier molecular flexibility index (Phi) is 9.85. The van der Waals surface area contributed by atoms with Gasteiger partial charge in [0.1, 0.15) is 23.2 Å². The minimum Gasteiger partial charge on any atom is -0.489 e. The van der Waals surface area contributed by atoms with Crippen LogP contribution in [0.15, 0.2) is 48.9 Å². The lowest BCUT2D eigenvalue weighted by molar-refractivity contribution is -0.136. The summed E-state index contributed by atoms with van der Waals surface area (Å²) in [5, 5.41) is 9.38. The molecule has 2 N–H and O–H groups in total. The van der Waals surface area contributed by atoms with Gasteiger partial charge in [-0.05, 0) is 87.8 Å². The van der Waals surface area contributed by atoms with E-state index in [1.165, 1.54) is 16.8 Å². The number of fused-ring (bicyclic) bond motifs is 3. The normalized spacial score (nSPS) is 20.5. The van der Waals surface area contributed by atoms with Crippen molar-refractivity contribution in [2.45, 2.75) is 77.1 Å². The maximum Gasteiger partial charge on any atom is 0.262 e. The summed E-state index contributed by atoms with van der Waals surface area (Å²) in [4.78, 5) is 89.2. The number of imide groups is 2. The Morgan fingerprint density at radius 1 is 0.932 bits per heavy atom. The number of carbonyl (C=O) groups is 6. The van der Waals surface area contributed by atoms with Gasteiger partial charge in [-0.15, -0.1) is 0 Å². The van der Waals surface area contributed by atoms with E-state index in [0.717, 1.165) is 61.8 Å². The van der Waals surface area contributed by atoms with Crippen LogP contribution in [0.25, 0.3) is 5.65 Å². The zero-order chi connectivity index (χ0) is 41.1. The third-order valence-electron chi connectivity index (χ3n) is 12.1. The summed E-state index contributed by atoms with van der Waals surface area (Å²) in [7, 11) is 0.